The lowest BCUT2D eigenvalue weighted by Gasteiger charge is -2.08. The van der Waals surface area contributed by atoms with Crippen molar-refractivity contribution in [3.8, 4) is 11.3 Å². The molecule has 0 radical (unpaired) electrons. The van der Waals surface area contributed by atoms with Crippen molar-refractivity contribution >= 4 is 25.8 Å². The fraction of sp³-hybridized carbons (Fsp3) is 0.357. The van der Waals surface area contributed by atoms with Crippen LogP contribution in [0.25, 0.3) is 11.3 Å². The Kier molecular flexibility index (Phi) is 3.67. The van der Waals surface area contributed by atoms with Gasteiger partial charge < -0.3 is 10.7 Å². The maximum atomic E-state index is 11.2. The summed E-state index contributed by atoms with van der Waals surface area (Å²) in [6, 6.07) is 5.74. The molecule has 0 amide bonds. The minimum absolute atomic E-state index is 0.0725. The number of imidazole rings is 1. The molecule has 0 bridgehead atoms. The molecule has 3 N–H and O–H groups in total. The molecule has 21 heavy (non-hydrogen) atoms. The van der Waals surface area contributed by atoms with Crippen LogP contribution >= 0.6 is 15.9 Å². The van der Waals surface area contributed by atoms with E-state index in [-0.39, 0.29) is 11.8 Å². The summed E-state index contributed by atoms with van der Waals surface area (Å²) < 4.78 is 23.5. The molecule has 3 rings (SSSR count). The Morgan fingerprint density at radius 3 is 2.95 bits per heavy atom. The normalized spacial score (nSPS) is 14.8. The number of aromatic nitrogens is 2. The van der Waals surface area contributed by atoms with Gasteiger partial charge in [-0.2, -0.15) is 0 Å². The van der Waals surface area contributed by atoms with E-state index in [1.807, 2.05) is 12.1 Å². The van der Waals surface area contributed by atoms with Crippen LogP contribution < -0.4 is 5.73 Å². The quantitative estimate of drug-likeness (QED) is 0.737. The number of nitrogens with zero attached hydrogens (tertiary/aromatic N) is 1. The number of nitrogens with two attached hydrogens (primary N) is 1. The van der Waals surface area contributed by atoms with Crippen LogP contribution in [0.3, 0.4) is 0 Å². The van der Waals surface area contributed by atoms with Crippen molar-refractivity contribution in [1.82, 2.24) is 9.97 Å². The van der Waals surface area contributed by atoms with Gasteiger partial charge in [0.25, 0.3) is 0 Å². The Morgan fingerprint density at radius 1 is 1.48 bits per heavy atom. The molecule has 0 spiro atoms. The number of halogens is 1. The van der Waals surface area contributed by atoms with E-state index in [1.165, 1.54) is 11.8 Å². The maximum Gasteiger partial charge on any atom is 0.147 e. The molecular formula is C14H16BrN3O2S. The van der Waals surface area contributed by atoms with E-state index in [9.17, 15) is 8.42 Å². The number of hydrogen-bond donors (Lipinski definition) is 2. The molecular weight excluding hydrogens is 354 g/mol. The van der Waals surface area contributed by atoms with Crippen molar-refractivity contribution in [2.45, 2.75) is 18.9 Å². The first kappa shape index (κ1) is 14.7. The van der Waals surface area contributed by atoms with Gasteiger partial charge >= 0.3 is 0 Å². The maximum absolute atomic E-state index is 11.2. The van der Waals surface area contributed by atoms with Crippen molar-refractivity contribution in [2.75, 3.05) is 12.0 Å². The first-order chi connectivity index (χ1) is 9.83. The monoisotopic (exact) mass is 369 g/mol. The summed E-state index contributed by atoms with van der Waals surface area (Å²) >= 11 is 3.47. The van der Waals surface area contributed by atoms with Gasteiger partial charge in [-0.15, -0.1) is 0 Å². The second kappa shape index (κ2) is 5.23. The second-order valence-electron chi connectivity index (χ2n) is 5.45. The van der Waals surface area contributed by atoms with Crippen LogP contribution in [0.5, 0.6) is 0 Å². The smallest absolute Gasteiger partial charge is 0.147 e. The van der Waals surface area contributed by atoms with E-state index in [1.54, 1.807) is 0 Å². The Bertz CT molecular complexity index is 799. The SMILES string of the molecule is CS(=O)(=O)CCC(N)c1nc2c([nH]1)Cc1cc(Br)ccc1-2. The van der Waals surface area contributed by atoms with Crippen molar-refractivity contribution in [3.05, 3.63) is 39.8 Å². The van der Waals surface area contributed by atoms with Crippen molar-refractivity contribution in [3.63, 3.8) is 0 Å². The molecule has 1 aromatic carbocycles. The molecule has 1 aromatic heterocycles. The van der Waals surface area contributed by atoms with E-state index in [2.05, 4.69) is 32.0 Å². The number of hydrogen-bond acceptors (Lipinski definition) is 4. The van der Waals surface area contributed by atoms with Gasteiger partial charge in [0, 0.05) is 28.4 Å². The Morgan fingerprint density at radius 2 is 2.24 bits per heavy atom. The lowest BCUT2D eigenvalue weighted by Crippen LogP contribution is -2.17. The highest BCUT2D eigenvalue weighted by Gasteiger charge is 2.24. The number of aromatic amines is 1. The lowest BCUT2D eigenvalue weighted by atomic mass is 10.1. The molecule has 112 valence electrons. The number of nitrogens with one attached hydrogen (secondary N) is 1. The van der Waals surface area contributed by atoms with Crippen molar-refractivity contribution in [2.24, 2.45) is 5.73 Å². The molecule has 5 nitrogen and oxygen atoms in total. The molecule has 0 saturated carbocycles. The van der Waals surface area contributed by atoms with Gasteiger partial charge in [-0.25, -0.2) is 13.4 Å². The largest absolute Gasteiger partial charge is 0.344 e. The van der Waals surface area contributed by atoms with Crippen LogP contribution in [0.4, 0.5) is 0 Å². The van der Waals surface area contributed by atoms with E-state index in [0.29, 0.717) is 12.2 Å². The van der Waals surface area contributed by atoms with Gasteiger partial charge in [0.15, 0.2) is 0 Å². The highest BCUT2D eigenvalue weighted by atomic mass is 79.9. The van der Waals surface area contributed by atoms with Gasteiger partial charge in [0.1, 0.15) is 15.7 Å². The molecule has 2 aromatic rings. The zero-order valence-electron chi connectivity index (χ0n) is 11.6. The fourth-order valence-electron chi connectivity index (χ4n) is 2.56. The Labute approximate surface area is 132 Å². The minimum Gasteiger partial charge on any atom is -0.344 e. The van der Waals surface area contributed by atoms with Gasteiger partial charge in [0.2, 0.25) is 0 Å². The summed E-state index contributed by atoms with van der Waals surface area (Å²) in [7, 11) is -3.00. The van der Waals surface area contributed by atoms with E-state index >= 15 is 0 Å². The molecule has 7 heteroatoms. The number of benzene rings is 1. The summed E-state index contributed by atoms with van der Waals surface area (Å²) in [5.74, 6) is 0.737. The van der Waals surface area contributed by atoms with Gasteiger partial charge in [-0.05, 0) is 24.1 Å². The molecule has 1 unspecified atom stereocenters. The van der Waals surface area contributed by atoms with E-state index < -0.39 is 9.84 Å². The van der Waals surface area contributed by atoms with Gasteiger partial charge in [0.05, 0.1) is 17.5 Å². The topological polar surface area (TPSA) is 88.8 Å². The number of rotatable bonds is 4. The standard InChI is InChI=1S/C14H16BrN3O2S/c1-21(19,20)5-4-11(16)14-17-12-7-8-6-9(15)2-3-10(8)13(12)18-14/h2-3,6,11H,4-5,7,16H2,1H3,(H,17,18). The van der Waals surface area contributed by atoms with Gasteiger partial charge in [-0.1, -0.05) is 22.0 Å². The Hall–Kier alpha value is -1.18. The number of sulfone groups is 1. The Balaban J connectivity index is 1.84. The summed E-state index contributed by atoms with van der Waals surface area (Å²) in [6.07, 6.45) is 2.39. The molecule has 1 heterocycles. The molecule has 1 aliphatic rings. The first-order valence-electron chi connectivity index (χ1n) is 6.64. The lowest BCUT2D eigenvalue weighted by molar-refractivity contribution is 0.587. The average Bonchev–Trinajstić information content (AvgIpc) is 2.91. The third-order valence-electron chi connectivity index (χ3n) is 3.64. The van der Waals surface area contributed by atoms with Crippen molar-refractivity contribution in [1.29, 1.82) is 0 Å². The molecule has 1 aliphatic carbocycles. The first-order valence-corrected chi connectivity index (χ1v) is 9.50. The zero-order chi connectivity index (χ0) is 15.2. The van der Waals surface area contributed by atoms with Crippen LogP contribution in [0, 0.1) is 0 Å². The third-order valence-corrected chi connectivity index (χ3v) is 5.11. The number of H-pyrrole nitrogens is 1. The van der Waals surface area contributed by atoms with Crippen LogP contribution in [-0.4, -0.2) is 30.4 Å². The molecule has 1 atom stereocenters. The number of fused-ring (bicyclic) bond motifs is 3. The molecule has 0 saturated heterocycles. The summed E-state index contributed by atoms with van der Waals surface area (Å²) in [4.78, 5) is 7.82. The molecule has 0 aliphatic heterocycles. The highest BCUT2D eigenvalue weighted by molar-refractivity contribution is 9.10. The van der Waals surface area contributed by atoms with Gasteiger partial charge in [-0.3, -0.25) is 0 Å². The minimum atomic E-state index is -3.00. The van der Waals surface area contributed by atoms with E-state index in [0.717, 1.165) is 27.8 Å². The average molecular weight is 370 g/mol. The fourth-order valence-corrected chi connectivity index (χ4v) is 3.65. The third kappa shape index (κ3) is 3.04. The van der Waals surface area contributed by atoms with Crippen LogP contribution in [0.2, 0.25) is 0 Å². The predicted octanol–water partition coefficient (Wildman–Crippen LogP) is 2.18. The molecule has 0 fully saturated rings. The van der Waals surface area contributed by atoms with Crippen LogP contribution in [0.15, 0.2) is 22.7 Å². The summed E-state index contributed by atoms with van der Waals surface area (Å²) in [5.41, 5.74) is 10.4. The summed E-state index contributed by atoms with van der Waals surface area (Å²) in [5, 5.41) is 0. The van der Waals surface area contributed by atoms with Crippen LogP contribution in [0.1, 0.15) is 29.5 Å². The second-order valence-corrected chi connectivity index (χ2v) is 8.63. The zero-order valence-corrected chi connectivity index (χ0v) is 14.0. The van der Waals surface area contributed by atoms with Crippen molar-refractivity contribution < 1.29 is 8.42 Å². The summed E-state index contributed by atoms with van der Waals surface area (Å²) in [6.45, 7) is 0. The predicted molar refractivity (Wildman–Crippen MR) is 85.8 cm³/mol. The van der Waals surface area contributed by atoms with E-state index in [4.69, 9.17) is 5.73 Å². The highest BCUT2D eigenvalue weighted by Crippen LogP contribution is 2.37. The van der Waals surface area contributed by atoms with Crippen LogP contribution in [-0.2, 0) is 16.3 Å².